The zero-order valence-electron chi connectivity index (χ0n) is 7.06. The summed E-state index contributed by atoms with van der Waals surface area (Å²) in [6.45, 7) is -2.44. The van der Waals surface area contributed by atoms with E-state index in [9.17, 15) is 0 Å². The second kappa shape index (κ2) is 7.62. The fourth-order valence-electron chi connectivity index (χ4n) is 0.434. The largest absolute Gasteiger partial charge is 0.324 e. The molecule has 0 saturated carbocycles. The third kappa shape index (κ3) is 7.86. The van der Waals surface area contributed by atoms with Crippen LogP contribution in [0.3, 0.4) is 0 Å². The van der Waals surface area contributed by atoms with Crippen molar-refractivity contribution in [2.45, 2.75) is 6.42 Å². The zero-order valence-corrected chi connectivity index (χ0v) is 10.4. The molecule has 0 aliphatic heterocycles. The van der Waals surface area contributed by atoms with Crippen molar-refractivity contribution < 1.29 is 13.9 Å². The van der Waals surface area contributed by atoms with E-state index in [1.807, 2.05) is 6.26 Å². The molecule has 0 amide bonds. The highest BCUT2D eigenvalue weighted by atomic mass is 33.1. The van der Waals surface area contributed by atoms with Crippen molar-refractivity contribution in [3.8, 4) is 0 Å². The van der Waals surface area contributed by atoms with Crippen LogP contribution < -0.4 is 0 Å². The average molecular weight is 248 g/mol. The van der Waals surface area contributed by atoms with Gasteiger partial charge >= 0.3 is 6.72 Å². The zero-order chi connectivity index (χ0) is 9.45. The minimum Gasteiger partial charge on any atom is -0.324 e. The summed E-state index contributed by atoms with van der Waals surface area (Å²) in [6.07, 6.45) is 2.91. The Bertz CT molecular complexity index is 155. The standard InChI is InChI=1S/C5H13O3PS3/c1-7-9(6,10)8-4-3-5-12-11-2/h3-5H2,1-2H3,(H,6,10). The van der Waals surface area contributed by atoms with Crippen LogP contribution >= 0.6 is 28.3 Å². The van der Waals surface area contributed by atoms with Crippen LogP contribution in [0.4, 0.5) is 0 Å². The molecule has 0 fully saturated rings. The van der Waals surface area contributed by atoms with Gasteiger partial charge in [-0.05, 0) is 24.5 Å². The molecule has 0 aliphatic carbocycles. The predicted octanol–water partition coefficient (Wildman–Crippen LogP) is 2.27. The summed E-state index contributed by atoms with van der Waals surface area (Å²) in [5.41, 5.74) is 0. The molecule has 1 atom stereocenters. The second-order valence-corrected chi connectivity index (χ2v) is 7.46. The van der Waals surface area contributed by atoms with Gasteiger partial charge in [-0.2, -0.15) is 0 Å². The summed E-state index contributed by atoms with van der Waals surface area (Å²) < 4.78 is 9.55. The highest BCUT2D eigenvalue weighted by Gasteiger charge is 2.10. The number of hydrogen-bond donors (Lipinski definition) is 1. The van der Waals surface area contributed by atoms with Crippen molar-refractivity contribution in [1.82, 2.24) is 0 Å². The number of rotatable bonds is 7. The maximum atomic E-state index is 9.15. The van der Waals surface area contributed by atoms with E-state index in [1.165, 1.54) is 7.11 Å². The Labute approximate surface area is 86.2 Å². The van der Waals surface area contributed by atoms with E-state index in [0.717, 1.165) is 12.2 Å². The highest BCUT2D eigenvalue weighted by molar-refractivity contribution is 8.76. The summed E-state index contributed by atoms with van der Waals surface area (Å²) in [5, 5.41) is 0. The average Bonchev–Trinajstić information content (AvgIpc) is 2.04. The van der Waals surface area contributed by atoms with Gasteiger partial charge in [0.2, 0.25) is 0 Å². The normalized spacial score (nSPS) is 15.9. The summed E-state index contributed by atoms with van der Waals surface area (Å²) in [4.78, 5) is 9.15. The molecule has 0 aromatic rings. The molecular weight excluding hydrogens is 235 g/mol. The Morgan fingerprint density at radius 2 is 2.25 bits per heavy atom. The molecule has 74 valence electrons. The highest BCUT2D eigenvalue weighted by Crippen LogP contribution is 2.42. The molecule has 0 radical (unpaired) electrons. The quantitative estimate of drug-likeness (QED) is 0.423. The van der Waals surface area contributed by atoms with E-state index in [1.54, 1.807) is 21.6 Å². The minimum absolute atomic E-state index is 0.467. The first-order valence-electron chi connectivity index (χ1n) is 3.31. The van der Waals surface area contributed by atoms with Gasteiger partial charge in [0.05, 0.1) is 6.61 Å². The summed E-state index contributed by atoms with van der Waals surface area (Å²) in [6, 6.07) is 0. The van der Waals surface area contributed by atoms with Gasteiger partial charge in [0.25, 0.3) is 0 Å². The van der Waals surface area contributed by atoms with Crippen LogP contribution in [0.2, 0.25) is 0 Å². The van der Waals surface area contributed by atoms with Crippen LogP contribution in [0.15, 0.2) is 0 Å². The molecule has 1 N–H and O–H groups in total. The predicted molar refractivity (Wildman–Crippen MR) is 60.1 cm³/mol. The first-order valence-corrected chi connectivity index (χ1v) is 8.63. The lowest BCUT2D eigenvalue weighted by molar-refractivity contribution is 0.226. The fourth-order valence-corrected chi connectivity index (χ4v) is 2.38. The molecule has 0 aromatic carbocycles. The Hall–Kier alpha value is 1.23. The van der Waals surface area contributed by atoms with Gasteiger partial charge in [0.15, 0.2) is 0 Å². The van der Waals surface area contributed by atoms with Crippen LogP contribution in [0.5, 0.6) is 0 Å². The maximum absolute atomic E-state index is 9.15. The van der Waals surface area contributed by atoms with E-state index in [-0.39, 0.29) is 0 Å². The molecule has 3 nitrogen and oxygen atoms in total. The molecular formula is C5H13O3PS3. The molecule has 1 unspecified atom stereocenters. The lowest BCUT2D eigenvalue weighted by Crippen LogP contribution is -1.94. The van der Waals surface area contributed by atoms with Crippen LogP contribution in [-0.2, 0) is 20.9 Å². The SMILES string of the molecule is COP(O)(=S)OCCCSSC. The van der Waals surface area contributed by atoms with E-state index in [0.29, 0.717) is 6.61 Å². The molecule has 7 heteroatoms. The summed E-state index contributed by atoms with van der Waals surface area (Å²) in [5.74, 6) is 1.00. The van der Waals surface area contributed by atoms with Crippen molar-refractivity contribution in [3.05, 3.63) is 0 Å². The Balaban J connectivity index is 3.25. The van der Waals surface area contributed by atoms with E-state index in [2.05, 4.69) is 16.3 Å². The first kappa shape index (κ1) is 13.2. The monoisotopic (exact) mass is 248 g/mol. The summed E-state index contributed by atoms with van der Waals surface area (Å²) in [7, 11) is 4.83. The Morgan fingerprint density at radius 1 is 1.58 bits per heavy atom. The molecule has 0 rings (SSSR count). The van der Waals surface area contributed by atoms with Crippen molar-refractivity contribution >= 4 is 40.1 Å². The van der Waals surface area contributed by atoms with Crippen LogP contribution in [0, 0.1) is 0 Å². The molecule has 12 heavy (non-hydrogen) atoms. The maximum Gasteiger partial charge on any atom is 0.324 e. The van der Waals surface area contributed by atoms with Crippen LogP contribution in [0.1, 0.15) is 6.42 Å². The molecule has 0 bridgehead atoms. The van der Waals surface area contributed by atoms with Crippen molar-refractivity contribution in [2.75, 3.05) is 25.7 Å². The summed E-state index contributed by atoms with van der Waals surface area (Å²) >= 11 is 4.63. The van der Waals surface area contributed by atoms with Crippen molar-refractivity contribution in [2.24, 2.45) is 0 Å². The lowest BCUT2D eigenvalue weighted by atomic mass is 10.5. The van der Waals surface area contributed by atoms with Gasteiger partial charge in [-0.1, -0.05) is 21.6 Å². The fraction of sp³-hybridized carbons (Fsp3) is 1.00. The third-order valence-electron chi connectivity index (χ3n) is 0.975. The Morgan fingerprint density at radius 3 is 2.75 bits per heavy atom. The van der Waals surface area contributed by atoms with Gasteiger partial charge in [0, 0.05) is 12.9 Å². The molecule has 0 aliphatic rings. The van der Waals surface area contributed by atoms with Crippen LogP contribution in [0.25, 0.3) is 0 Å². The minimum atomic E-state index is -2.90. The molecule has 0 saturated heterocycles. The number of hydrogen-bond acceptors (Lipinski definition) is 5. The van der Waals surface area contributed by atoms with Gasteiger partial charge in [-0.25, -0.2) is 0 Å². The van der Waals surface area contributed by atoms with Crippen molar-refractivity contribution in [1.29, 1.82) is 0 Å². The molecule has 0 aromatic heterocycles. The van der Waals surface area contributed by atoms with Gasteiger partial charge in [0.1, 0.15) is 0 Å². The van der Waals surface area contributed by atoms with Gasteiger partial charge in [-0.15, -0.1) is 0 Å². The smallest absolute Gasteiger partial charge is 0.324 e. The van der Waals surface area contributed by atoms with Crippen molar-refractivity contribution in [3.63, 3.8) is 0 Å². The topological polar surface area (TPSA) is 38.7 Å². The van der Waals surface area contributed by atoms with Gasteiger partial charge < -0.3 is 13.9 Å². The van der Waals surface area contributed by atoms with E-state index >= 15 is 0 Å². The second-order valence-electron chi connectivity index (χ2n) is 1.83. The lowest BCUT2D eigenvalue weighted by Gasteiger charge is -2.11. The van der Waals surface area contributed by atoms with Crippen LogP contribution in [-0.4, -0.2) is 30.6 Å². The van der Waals surface area contributed by atoms with E-state index in [4.69, 9.17) is 9.42 Å². The Kier molecular flexibility index (Phi) is 8.40. The van der Waals surface area contributed by atoms with E-state index < -0.39 is 6.72 Å². The molecule has 0 spiro atoms. The first-order chi connectivity index (χ1) is 5.62. The third-order valence-corrected chi connectivity index (χ3v) is 4.61. The molecule has 0 heterocycles. The van der Waals surface area contributed by atoms with Gasteiger partial charge in [-0.3, -0.25) is 0 Å².